The van der Waals surface area contributed by atoms with E-state index in [1.165, 1.54) is 51.4 Å². The van der Waals surface area contributed by atoms with Gasteiger partial charge in [0.05, 0.1) is 23.5 Å². The van der Waals surface area contributed by atoms with Gasteiger partial charge in [-0.1, -0.05) is 31.7 Å². The molecule has 0 saturated heterocycles. The number of nitrogens with one attached hydrogen (secondary N) is 2. The van der Waals surface area contributed by atoms with Crippen LogP contribution in [0.2, 0.25) is 0 Å². The Morgan fingerprint density at radius 2 is 1.19 bits per heavy atom. The number of hydrogen-bond acceptors (Lipinski definition) is 5. The second-order valence-corrected chi connectivity index (χ2v) is 7.87. The predicted octanol–water partition coefficient (Wildman–Crippen LogP) is 2.73. The molecule has 0 aromatic carbocycles. The molecule has 2 aliphatic carbocycles. The van der Waals surface area contributed by atoms with Crippen LogP contribution in [0.25, 0.3) is 0 Å². The van der Waals surface area contributed by atoms with E-state index in [0.29, 0.717) is 24.2 Å². The van der Waals surface area contributed by atoms with Crippen LogP contribution in [0.4, 0.5) is 0 Å². The Hall–Kier alpha value is -1.59. The second-order valence-electron chi connectivity index (χ2n) is 7.87. The van der Waals surface area contributed by atoms with Gasteiger partial charge in [-0.3, -0.25) is 9.98 Å². The van der Waals surface area contributed by atoms with Crippen molar-refractivity contribution in [2.45, 2.75) is 75.5 Å². The number of hydrogen-bond donors (Lipinski definition) is 2. The summed E-state index contributed by atoms with van der Waals surface area (Å²) in [6.07, 6.45) is 13.9. The maximum absolute atomic E-state index is 4.89. The van der Waals surface area contributed by atoms with Crippen LogP contribution in [0.1, 0.15) is 62.8 Å². The van der Waals surface area contributed by atoms with Crippen molar-refractivity contribution in [1.82, 2.24) is 15.6 Å². The molecule has 4 atom stereocenters. The summed E-state index contributed by atoms with van der Waals surface area (Å²) < 4.78 is 0. The number of fused-ring (bicyclic) bond motifs is 4. The van der Waals surface area contributed by atoms with E-state index < -0.39 is 0 Å². The summed E-state index contributed by atoms with van der Waals surface area (Å²) in [6.45, 7) is 2.02. The van der Waals surface area contributed by atoms with Gasteiger partial charge in [-0.25, -0.2) is 4.98 Å². The van der Waals surface area contributed by atoms with E-state index in [1.54, 1.807) is 0 Å². The lowest BCUT2D eigenvalue weighted by Crippen LogP contribution is -2.47. The van der Waals surface area contributed by atoms with Gasteiger partial charge in [-0.2, -0.15) is 0 Å². The van der Waals surface area contributed by atoms with Crippen LogP contribution < -0.4 is 10.6 Å². The highest BCUT2D eigenvalue weighted by Crippen LogP contribution is 2.22. The molecule has 26 heavy (non-hydrogen) atoms. The zero-order valence-corrected chi connectivity index (χ0v) is 15.6. The number of nitrogens with zero attached hydrogens (tertiary/aromatic N) is 3. The first-order valence-electron chi connectivity index (χ1n) is 10.4. The third kappa shape index (κ3) is 4.57. The van der Waals surface area contributed by atoms with E-state index in [-0.39, 0.29) is 0 Å². The third-order valence-electron chi connectivity index (χ3n) is 5.99. The number of aliphatic imine (C=N–C) groups is 2. The molecular formula is C21H31N5. The van der Waals surface area contributed by atoms with Crippen LogP contribution in [0.5, 0.6) is 0 Å². The molecule has 1 aromatic rings. The Labute approximate surface area is 156 Å². The normalized spacial score (nSPS) is 32.8. The fourth-order valence-corrected chi connectivity index (χ4v) is 4.53. The predicted molar refractivity (Wildman–Crippen MR) is 108 cm³/mol. The first kappa shape index (κ1) is 17.8. The standard InChI is InChI=1S/C21H31N5/c1-3-10-20-18(8-1)22-12-13-23-19-9-2-4-11-21(19)25-15-17-7-5-6-16(26-17)14-24-20/h5-7,14-15,18-23H,1-4,8-13H2/t18-,19?,20?,21-/m1/s1. The summed E-state index contributed by atoms with van der Waals surface area (Å²) >= 11 is 0. The van der Waals surface area contributed by atoms with Crippen LogP contribution >= 0.6 is 0 Å². The minimum Gasteiger partial charge on any atom is -0.311 e. The van der Waals surface area contributed by atoms with Crippen molar-refractivity contribution in [2.75, 3.05) is 13.1 Å². The van der Waals surface area contributed by atoms with Gasteiger partial charge in [0.1, 0.15) is 0 Å². The summed E-state index contributed by atoms with van der Waals surface area (Å²) in [5.74, 6) is 0. The van der Waals surface area contributed by atoms with Crippen molar-refractivity contribution >= 4 is 12.4 Å². The summed E-state index contributed by atoms with van der Waals surface area (Å²) in [5.41, 5.74) is 1.87. The van der Waals surface area contributed by atoms with Gasteiger partial charge in [0.15, 0.2) is 0 Å². The van der Waals surface area contributed by atoms with Gasteiger partial charge in [-0.05, 0) is 37.8 Å². The van der Waals surface area contributed by atoms with Gasteiger partial charge in [0.25, 0.3) is 0 Å². The monoisotopic (exact) mass is 353 g/mol. The van der Waals surface area contributed by atoms with Crippen LogP contribution in [0, 0.1) is 0 Å². The summed E-state index contributed by atoms with van der Waals surface area (Å²) in [5, 5.41) is 7.52. The molecule has 1 aromatic heterocycles. The van der Waals surface area contributed by atoms with Gasteiger partial charge in [0.2, 0.25) is 0 Å². The molecule has 2 unspecified atom stereocenters. The van der Waals surface area contributed by atoms with Gasteiger partial charge >= 0.3 is 0 Å². The van der Waals surface area contributed by atoms with Gasteiger partial charge < -0.3 is 10.6 Å². The average Bonchev–Trinajstić information content (AvgIpc) is 2.69. The van der Waals surface area contributed by atoms with E-state index in [0.717, 1.165) is 24.5 Å². The Bertz CT molecular complexity index is 590. The van der Waals surface area contributed by atoms with Crippen molar-refractivity contribution in [3.05, 3.63) is 29.6 Å². The maximum Gasteiger partial charge on any atom is 0.0815 e. The fraction of sp³-hybridized carbons (Fsp3) is 0.667. The molecule has 2 heterocycles. The maximum atomic E-state index is 4.89. The number of pyridine rings is 1. The van der Waals surface area contributed by atoms with Gasteiger partial charge in [-0.15, -0.1) is 0 Å². The topological polar surface area (TPSA) is 61.7 Å². The van der Waals surface area contributed by atoms with Crippen molar-refractivity contribution in [3.63, 3.8) is 0 Å². The molecule has 1 aliphatic heterocycles. The Morgan fingerprint density at radius 3 is 1.73 bits per heavy atom. The number of aromatic nitrogens is 1. The molecule has 2 fully saturated rings. The fourth-order valence-electron chi connectivity index (χ4n) is 4.53. The SMILES string of the molecule is C1=NC2CCCC[C@H]2NCCNC2CCCC[C@H]2N=Cc2cccc1n2. The van der Waals surface area contributed by atoms with Crippen LogP contribution in [-0.2, 0) is 0 Å². The number of rotatable bonds is 0. The van der Waals surface area contributed by atoms with Crippen LogP contribution in [-0.4, -0.2) is 54.7 Å². The second kappa shape index (κ2) is 8.87. The Balaban J connectivity index is 1.57. The summed E-state index contributed by atoms with van der Waals surface area (Å²) in [6, 6.07) is 7.86. The minimum atomic E-state index is 0.371. The van der Waals surface area contributed by atoms with E-state index in [1.807, 2.05) is 24.6 Å². The molecular weight excluding hydrogens is 322 g/mol. The highest BCUT2D eigenvalue weighted by Gasteiger charge is 2.25. The lowest BCUT2D eigenvalue weighted by atomic mass is 9.90. The Kier molecular flexibility index (Phi) is 6.07. The van der Waals surface area contributed by atoms with Crippen molar-refractivity contribution in [3.8, 4) is 0 Å². The molecule has 5 heteroatoms. The van der Waals surface area contributed by atoms with Crippen LogP contribution in [0.15, 0.2) is 28.2 Å². The van der Waals surface area contributed by atoms with Gasteiger partial charge in [0, 0.05) is 37.6 Å². The van der Waals surface area contributed by atoms with E-state index in [4.69, 9.17) is 15.0 Å². The molecule has 3 aliphatic rings. The van der Waals surface area contributed by atoms with E-state index in [9.17, 15) is 0 Å². The molecule has 4 rings (SSSR count). The molecule has 2 bridgehead atoms. The quantitative estimate of drug-likeness (QED) is 0.754. The minimum absolute atomic E-state index is 0.371. The first-order valence-corrected chi connectivity index (χ1v) is 10.4. The third-order valence-corrected chi connectivity index (χ3v) is 5.99. The zero-order chi connectivity index (χ0) is 17.6. The van der Waals surface area contributed by atoms with Crippen molar-refractivity contribution in [1.29, 1.82) is 0 Å². The molecule has 0 radical (unpaired) electrons. The Morgan fingerprint density at radius 1 is 0.692 bits per heavy atom. The average molecular weight is 354 g/mol. The first-order chi connectivity index (χ1) is 12.9. The summed E-state index contributed by atoms with van der Waals surface area (Å²) in [4.78, 5) is 14.5. The molecule has 0 spiro atoms. The lowest BCUT2D eigenvalue weighted by Gasteiger charge is -2.31. The van der Waals surface area contributed by atoms with E-state index in [2.05, 4.69) is 16.7 Å². The highest BCUT2D eigenvalue weighted by molar-refractivity contribution is 5.81. The largest absolute Gasteiger partial charge is 0.311 e. The van der Waals surface area contributed by atoms with Crippen LogP contribution in [0.3, 0.4) is 0 Å². The highest BCUT2D eigenvalue weighted by atomic mass is 15.0. The molecule has 2 N–H and O–H groups in total. The van der Waals surface area contributed by atoms with E-state index >= 15 is 0 Å². The smallest absolute Gasteiger partial charge is 0.0815 e. The lowest BCUT2D eigenvalue weighted by molar-refractivity contribution is 0.308. The molecule has 0 amide bonds. The summed E-state index contributed by atoms with van der Waals surface area (Å²) in [7, 11) is 0. The zero-order valence-electron chi connectivity index (χ0n) is 15.6. The molecule has 140 valence electrons. The molecule has 2 saturated carbocycles. The van der Waals surface area contributed by atoms with Crippen molar-refractivity contribution in [2.24, 2.45) is 9.98 Å². The molecule has 5 nitrogen and oxygen atoms in total. The van der Waals surface area contributed by atoms with Crippen molar-refractivity contribution < 1.29 is 0 Å².